The predicted octanol–water partition coefficient (Wildman–Crippen LogP) is 2.31. The van der Waals surface area contributed by atoms with Gasteiger partial charge in [0.15, 0.2) is 11.5 Å². The Morgan fingerprint density at radius 3 is 2.41 bits per heavy atom. The molecule has 144 valence electrons. The topological polar surface area (TPSA) is 94.1 Å². The van der Waals surface area contributed by atoms with E-state index in [1.54, 1.807) is 43.3 Å². The van der Waals surface area contributed by atoms with Crippen molar-refractivity contribution in [1.82, 2.24) is 5.32 Å². The summed E-state index contributed by atoms with van der Waals surface area (Å²) >= 11 is 0. The average molecular weight is 373 g/mol. The molecule has 1 atom stereocenters. The molecule has 0 spiro atoms. The Labute approximate surface area is 157 Å². The summed E-state index contributed by atoms with van der Waals surface area (Å²) in [6.45, 7) is 1.88. The molecule has 2 rings (SSSR count). The van der Waals surface area contributed by atoms with Crippen LogP contribution in [0.4, 0.5) is 0 Å². The van der Waals surface area contributed by atoms with Gasteiger partial charge in [-0.1, -0.05) is 18.2 Å². The van der Waals surface area contributed by atoms with E-state index < -0.39 is 17.9 Å². The number of ether oxygens (including phenoxy) is 3. The van der Waals surface area contributed by atoms with Crippen LogP contribution in [0.1, 0.15) is 22.8 Å². The molecule has 0 fully saturated rings. The molecule has 27 heavy (non-hydrogen) atoms. The first-order valence-corrected chi connectivity index (χ1v) is 8.46. The van der Waals surface area contributed by atoms with E-state index in [1.807, 2.05) is 0 Å². The Morgan fingerprint density at radius 2 is 1.81 bits per heavy atom. The Morgan fingerprint density at radius 1 is 1.11 bits per heavy atom. The lowest BCUT2D eigenvalue weighted by Gasteiger charge is -2.19. The number of hydrogen-bond acceptors (Lipinski definition) is 6. The van der Waals surface area contributed by atoms with Gasteiger partial charge >= 0.3 is 5.97 Å². The van der Waals surface area contributed by atoms with E-state index >= 15 is 0 Å². The van der Waals surface area contributed by atoms with E-state index in [0.717, 1.165) is 0 Å². The summed E-state index contributed by atoms with van der Waals surface area (Å²) in [5.41, 5.74) is 1.01. The Kier molecular flexibility index (Phi) is 7.05. The maximum Gasteiger partial charge on any atom is 0.328 e. The number of rotatable bonds is 8. The van der Waals surface area contributed by atoms with Gasteiger partial charge in [-0.15, -0.1) is 0 Å². The van der Waals surface area contributed by atoms with Crippen LogP contribution in [0.2, 0.25) is 0 Å². The second-order valence-electron chi connectivity index (χ2n) is 5.70. The summed E-state index contributed by atoms with van der Waals surface area (Å²) in [4.78, 5) is 24.8. The number of amides is 1. The third-order valence-electron chi connectivity index (χ3n) is 3.87. The molecular formula is C20H23NO6. The van der Waals surface area contributed by atoms with Gasteiger partial charge in [0.05, 0.1) is 20.8 Å². The van der Waals surface area contributed by atoms with Gasteiger partial charge in [-0.25, -0.2) is 4.79 Å². The van der Waals surface area contributed by atoms with Gasteiger partial charge in [0.25, 0.3) is 5.91 Å². The molecule has 0 radical (unpaired) electrons. The van der Waals surface area contributed by atoms with Crippen LogP contribution in [0.25, 0.3) is 0 Å². The number of hydrogen-bond donors (Lipinski definition) is 2. The fourth-order valence-electron chi connectivity index (χ4n) is 2.62. The van der Waals surface area contributed by atoms with Gasteiger partial charge in [0, 0.05) is 12.0 Å². The summed E-state index contributed by atoms with van der Waals surface area (Å²) in [6, 6.07) is 10.8. The molecule has 1 unspecified atom stereocenters. The van der Waals surface area contributed by atoms with Crippen molar-refractivity contribution >= 4 is 11.9 Å². The third-order valence-corrected chi connectivity index (χ3v) is 3.87. The van der Waals surface area contributed by atoms with Crippen LogP contribution in [0.15, 0.2) is 42.5 Å². The lowest BCUT2D eigenvalue weighted by molar-refractivity contribution is -0.145. The number of aromatic hydroxyl groups is 1. The van der Waals surface area contributed by atoms with Gasteiger partial charge in [-0.3, -0.25) is 4.79 Å². The van der Waals surface area contributed by atoms with Crippen LogP contribution in [0.5, 0.6) is 17.2 Å². The zero-order valence-electron chi connectivity index (χ0n) is 15.5. The molecule has 7 heteroatoms. The van der Waals surface area contributed by atoms with Gasteiger partial charge in [0.2, 0.25) is 5.75 Å². The number of phenolic OH excluding ortho intramolecular Hbond substituents is 1. The number of methoxy groups -OCH3 is 2. The van der Waals surface area contributed by atoms with Crippen molar-refractivity contribution in [3.8, 4) is 17.2 Å². The number of phenols is 1. The summed E-state index contributed by atoms with van der Waals surface area (Å²) in [7, 11) is 2.86. The normalized spacial score (nSPS) is 11.4. The molecule has 0 saturated carbocycles. The minimum absolute atomic E-state index is 0.116. The van der Waals surface area contributed by atoms with Crippen LogP contribution in [0.3, 0.4) is 0 Å². The molecule has 2 aromatic carbocycles. The SMILES string of the molecule is CCOC(=O)C(Cc1cc(O)c(OC)c(OC)c1)NC(=O)c1ccccc1. The maximum atomic E-state index is 12.4. The largest absolute Gasteiger partial charge is 0.504 e. The van der Waals surface area contributed by atoms with Crippen molar-refractivity contribution in [3.05, 3.63) is 53.6 Å². The van der Waals surface area contributed by atoms with Crippen molar-refractivity contribution in [1.29, 1.82) is 0 Å². The quantitative estimate of drug-likeness (QED) is 0.690. The van der Waals surface area contributed by atoms with Crippen LogP contribution < -0.4 is 14.8 Å². The van der Waals surface area contributed by atoms with E-state index in [4.69, 9.17) is 14.2 Å². The summed E-state index contributed by atoms with van der Waals surface area (Å²) in [5.74, 6) is -0.551. The zero-order valence-corrected chi connectivity index (χ0v) is 15.5. The molecule has 2 aromatic rings. The Bertz CT molecular complexity index is 791. The van der Waals surface area contributed by atoms with Crippen molar-refractivity contribution in [3.63, 3.8) is 0 Å². The second-order valence-corrected chi connectivity index (χ2v) is 5.70. The first kappa shape index (κ1) is 20.1. The Balaban J connectivity index is 2.26. The second kappa shape index (κ2) is 9.47. The van der Waals surface area contributed by atoms with E-state index in [2.05, 4.69) is 5.32 Å². The number of nitrogens with one attached hydrogen (secondary N) is 1. The summed E-state index contributed by atoms with van der Waals surface area (Å²) in [6.07, 6.45) is 0.116. The van der Waals surface area contributed by atoms with Crippen molar-refractivity contribution in [2.45, 2.75) is 19.4 Å². The first-order chi connectivity index (χ1) is 13.0. The van der Waals surface area contributed by atoms with E-state index in [-0.39, 0.29) is 24.5 Å². The number of carbonyl (C=O) groups excluding carboxylic acids is 2. The minimum Gasteiger partial charge on any atom is -0.504 e. The Hall–Kier alpha value is -3.22. The van der Waals surface area contributed by atoms with Crippen molar-refractivity contribution in [2.75, 3.05) is 20.8 Å². The van der Waals surface area contributed by atoms with Crippen LogP contribution in [0, 0.1) is 0 Å². The smallest absolute Gasteiger partial charge is 0.328 e. The number of esters is 1. The van der Waals surface area contributed by atoms with E-state index in [9.17, 15) is 14.7 Å². The molecule has 7 nitrogen and oxygen atoms in total. The van der Waals surface area contributed by atoms with Crippen LogP contribution in [-0.2, 0) is 16.0 Å². The highest BCUT2D eigenvalue weighted by Gasteiger charge is 2.24. The van der Waals surface area contributed by atoms with Gasteiger partial charge in [-0.05, 0) is 36.8 Å². The molecule has 2 N–H and O–H groups in total. The maximum absolute atomic E-state index is 12.4. The number of benzene rings is 2. The van der Waals surface area contributed by atoms with Crippen molar-refractivity contribution < 1.29 is 28.9 Å². The zero-order chi connectivity index (χ0) is 19.8. The fraction of sp³-hybridized carbons (Fsp3) is 0.300. The van der Waals surface area contributed by atoms with Crippen LogP contribution >= 0.6 is 0 Å². The molecule has 0 aliphatic rings. The highest BCUT2D eigenvalue weighted by atomic mass is 16.5. The lowest BCUT2D eigenvalue weighted by Crippen LogP contribution is -2.43. The highest BCUT2D eigenvalue weighted by Crippen LogP contribution is 2.37. The van der Waals surface area contributed by atoms with Gasteiger partial charge < -0.3 is 24.6 Å². The third kappa shape index (κ3) is 5.13. The van der Waals surface area contributed by atoms with Crippen molar-refractivity contribution in [2.24, 2.45) is 0 Å². The predicted molar refractivity (Wildman–Crippen MR) is 99.2 cm³/mol. The molecule has 1 amide bonds. The standard InChI is InChI=1S/C20H23NO6/c1-4-27-20(24)15(21-19(23)14-8-6-5-7-9-14)10-13-11-16(22)18(26-3)17(12-13)25-2/h5-9,11-12,15,22H,4,10H2,1-3H3,(H,21,23). The minimum atomic E-state index is -0.921. The summed E-state index contributed by atoms with van der Waals surface area (Å²) in [5, 5.41) is 12.8. The lowest BCUT2D eigenvalue weighted by atomic mass is 10.0. The molecule has 0 bridgehead atoms. The summed E-state index contributed by atoms with van der Waals surface area (Å²) < 4.78 is 15.4. The molecule has 0 aromatic heterocycles. The monoisotopic (exact) mass is 373 g/mol. The molecule has 0 saturated heterocycles. The fourth-order valence-corrected chi connectivity index (χ4v) is 2.62. The van der Waals surface area contributed by atoms with Crippen LogP contribution in [-0.4, -0.2) is 43.9 Å². The van der Waals surface area contributed by atoms with Gasteiger partial charge in [-0.2, -0.15) is 0 Å². The molecule has 0 heterocycles. The van der Waals surface area contributed by atoms with E-state index in [0.29, 0.717) is 16.9 Å². The molecule has 0 aliphatic carbocycles. The molecular weight excluding hydrogens is 350 g/mol. The number of carbonyl (C=O) groups is 2. The van der Waals surface area contributed by atoms with E-state index in [1.165, 1.54) is 20.3 Å². The first-order valence-electron chi connectivity index (χ1n) is 8.46. The molecule has 0 aliphatic heterocycles. The highest BCUT2D eigenvalue weighted by molar-refractivity contribution is 5.96. The van der Waals surface area contributed by atoms with Gasteiger partial charge in [0.1, 0.15) is 6.04 Å². The average Bonchev–Trinajstić information content (AvgIpc) is 2.67.